The molecule has 3 heterocycles. The van der Waals surface area contributed by atoms with Crippen molar-refractivity contribution >= 4 is 24.4 Å². The van der Waals surface area contributed by atoms with E-state index in [0.717, 1.165) is 6.20 Å². The van der Waals surface area contributed by atoms with E-state index in [-0.39, 0.29) is 24.2 Å². The van der Waals surface area contributed by atoms with Gasteiger partial charge in [-0.3, -0.25) is 9.98 Å². The zero-order valence-corrected chi connectivity index (χ0v) is 15.8. The molecule has 29 heavy (non-hydrogen) atoms. The molecular weight excluding hydrogens is 389 g/mol. The lowest BCUT2D eigenvalue weighted by Crippen LogP contribution is -2.44. The van der Waals surface area contributed by atoms with E-state index in [9.17, 15) is 13.2 Å². The second-order valence-corrected chi connectivity index (χ2v) is 6.31. The molecule has 0 bridgehead atoms. The summed E-state index contributed by atoms with van der Waals surface area (Å²) in [5.41, 5.74) is -0.720. The molecule has 156 valence electrons. The number of allylic oxidation sites excluding steroid dienone is 1. The van der Waals surface area contributed by atoms with Gasteiger partial charge in [-0.2, -0.15) is 13.2 Å². The van der Waals surface area contributed by atoms with Gasteiger partial charge in [-0.25, -0.2) is 9.97 Å². The highest BCUT2D eigenvalue weighted by Crippen LogP contribution is 2.30. The molecule has 1 unspecified atom stereocenters. The average Bonchev–Trinajstić information content (AvgIpc) is 2.72. The summed E-state index contributed by atoms with van der Waals surface area (Å²) >= 11 is 0. The lowest BCUT2D eigenvalue weighted by atomic mass is 10.2. The smallest absolute Gasteiger partial charge is 0.382 e. The van der Waals surface area contributed by atoms with Crippen LogP contribution in [-0.2, 0) is 9.47 Å². The van der Waals surface area contributed by atoms with Crippen LogP contribution in [0.4, 0.5) is 19.0 Å². The molecule has 0 radical (unpaired) electrons. The van der Waals surface area contributed by atoms with Crippen LogP contribution in [0.2, 0.25) is 0 Å². The molecule has 3 rings (SSSR count). The number of hydrogen-bond donors (Lipinski definition) is 0. The first-order valence-electron chi connectivity index (χ1n) is 8.85. The third kappa shape index (κ3) is 5.18. The van der Waals surface area contributed by atoms with E-state index in [1.807, 2.05) is 4.90 Å². The van der Waals surface area contributed by atoms with Gasteiger partial charge in [0, 0.05) is 38.8 Å². The van der Waals surface area contributed by atoms with E-state index in [1.54, 1.807) is 19.4 Å². The number of aliphatic imine (C=N–C) groups is 2. The summed E-state index contributed by atoms with van der Waals surface area (Å²) in [4.78, 5) is 19.3. The van der Waals surface area contributed by atoms with Crippen LogP contribution in [0.1, 0.15) is 5.82 Å². The molecule has 0 N–H and O–H groups in total. The highest BCUT2D eigenvalue weighted by molar-refractivity contribution is 5.70. The number of morpholine rings is 1. The Balaban J connectivity index is 1.87. The van der Waals surface area contributed by atoms with Crippen molar-refractivity contribution in [3.05, 3.63) is 36.2 Å². The quantitative estimate of drug-likeness (QED) is 0.669. The third-order valence-corrected chi connectivity index (χ3v) is 4.29. The molecule has 11 heteroatoms. The fourth-order valence-corrected chi connectivity index (χ4v) is 2.98. The number of rotatable bonds is 6. The van der Waals surface area contributed by atoms with Crippen LogP contribution in [-0.4, -0.2) is 80.0 Å². The van der Waals surface area contributed by atoms with Gasteiger partial charge in [-0.05, 0) is 12.8 Å². The number of ether oxygens (including phenoxy) is 2. The van der Waals surface area contributed by atoms with Crippen molar-refractivity contribution in [1.82, 2.24) is 14.9 Å². The lowest BCUT2D eigenvalue weighted by molar-refractivity contribution is -0.0934. The first-order chi connectivity index (χ1) is 13.9. The predicted octanol–water partition coefficient (Wildman–Crippen LogP) is 2.12. The lowest BCUT2D eigenvalue weighted by Gasteiger charge is -2.33. The fourth-order valence-electron chi connectivity index (χ4n) is 2.98. The highest BCUT2D eigenvalue weighted by Gasteiger charge is 2.36. The van der Waals surface area contributed by atoms with Crippen molar-refractivity contribution in [2.75, 3.05) is 44.9 Å². The second kappa shape index (κ2) is 9.14. The number of hydrogen-bond acceptors (Lipinski definition) is 8. The van der Waals surface area contributed by atoms with Crippen LogP contribution >= 0.6 is 0 Å². The Morgan fingerprint density at radius 1 is 1.48 bits per heavy atom. The van der Waals surface area contributed by atoms with Crippen LogP contribution < -0.4 is 4.90 Å². The van der Waals surface area contributed by atoms with Gasteiger partial charge in [0.2, 0.25) is 0 Å². The third-order valence-electron chi connectivity index (χ3n) is 4.29. The summed E-state index contributed by atoms with van der Waals surface area (Å²) in [5.74, 6) is 0.873. The molecule has 2 aliphatic heterocycles. The van der Waals surface area contributed by atoms with E-state index < -0.39 is 11.9 Å². The van der Waals surface area contributed by atoms with Gasteiger partial charge in [0.25, 0.3) is 0 Å². The van der Waals surface area contributed by atoms with Crippen molar-refractivity contribution in [2.24, 2.45) is 9.98 Å². The van der Waals surface area contributed by atoms with Crippen molar-refractivity contribution in [1.29, 1.82) is 0 Å². The Morgan fingerprint density at radius 3 is 3.03 bits per heavy atom. The Kier molecular flexibility index (Phi) is 6.60. The summed E-state index contributed by atoms with van der Waals surface area (Å²) in [6.07, 6.45) is 0.330. The number of methoxy groups -OCH3 is 1. The van der Waals surface area contributed by atoms with Gasteiger partial charge >= 0.3 is 6.18 Å². The average molecular weight is 410 g/mol. The molecule has 0 amide bonds. The van der Waals surface area contributed by atoms with Crippen LogP contribution in [0.15, 0.2) is 40.3 Å². The minimum absolute atomic E-state index is 0.0902. The summed E-state index contributed by atoms with van der Waals surface area (Å²) in [5, 5.41) is 0. The SMILES string of the molecule is C=N/C=C(/c1nccc(N2CCOC(COC)C2)n1)N1C=C(C(F)(F)F)N=CC1. The number of anilines is 1. The normalized spacial score (nSPS) is 20.6. The van der Waals surface area contributed by atoms with Crippen molar-refractivity contribution in [3.8, 4) is 0 Å². The van der Waals surface area contributed by atoms with E-state index in [0.29, 0.717) is 32.1 Å². The molecule has 2 aliphatic rings. The first kappa shape index (κ1) is 20.9. The van der Waals surface area contributed by atoms with E-state index in [1.165, 1.54) is 17.3 Å². The maximum absolute atomic E-state index is 13.0. The molecule has 1 aromatic heterocycles. The number of alkyl halides is 3. The van der Waals surface area contributed by atoms with Gasteiger partial charge in [0.1, 0.15) is 11.5 Å². The molecule has 1 saturated heterocycles. The predicted molar refractivity (Wildman–Crippen MR) is 103 cm³/mol. The van der Waals surface area contributed by atoms with Crippen LogP contribution in [0, 0.1) is 0 Å². The van der Waals surface area contributed by atoms with Gasteiger partial charge < -0.3 is 19.3 Å². The molecule has 0 aliphatic carbocycles. The van der Waals surface area contributed by atoms with Gasteiger partial charge in [0.15, 0.2) is 11.5 Å². The van der Waals surface area contributed by atoms with E-state index >= 15 is 0 Å². The van der Waals surface area contributed by atoms with Gasteiger partial charge in [0.05, 0.1) is 32.1 Å². The monoisotopic (exact) mass is 410 g/mol. The zero-order valence-electron chi connectivity index (χ0n) is 15.8. The Hall–Kier alpha value is -2.79. The summed E-state index contributed by atoms with van der Waals surface area (Å²) in [6.45, 7) is 5.72. The number of halogens is 3. The molecule has 1 atom stereocenters. The zero-order chi connectivity index (χ0) is 20.9. The molecule has 1 fully saturated rings. The standard InChI is InChI=1S/C18H21F3N6O2/c1-22-9-14(26-6-5-23-15(11-26)18(19,20)21)17-24-4-3-16(25-17)27-7-8-29-13(10-27)12-28-2/h3-5,9,11,13H,1,6-8,10,12H2,2H3/b14-9-. The molecular formula is C18H21F3N6O2. The van der Waals surface area contributed by atoms with E-state index in [4.69, 9.17) is 9.47 Å². The molecule has 0 saturated carbocycles. The second-order valence-electron chi connectivity index (χ2n) is 6.31. The van der Waals surface area contributed by atoms with Crippen molar-refractivity contribution in [2.45, 2.75) is 12.3 Å². The summed E-state index contributed by atoms with van der Waals surface area (Å²) < 4.78 is 49.9. The molecule has 1 aromatic rings. The maximum atomic E-state index is 13.0. The summed E-state index contributed by atoms with van der Waals surface area (Å²) in [7, 11) is 1.61. The topological polar surface area (TPSA) is 75.4 Å². The van der Waals surface area contributed by atoms with Crippen LogP contribution in [0.5, 0.6) is 0 Å². The Bertz CT molecular complexity index is 822. The van der Waals surface area contributed by atoms with E-state index in [2.05, 4.69) is 26.7 Å². The first-order valence-corrected chi connectivity index (χ1v) is 8.85. The molecule has 8 nitrogen and oxygen atoms in total. The largest absolute Gasteiger partial charge is 0.434 e. The van der Waals surface area contributed by atoms with Crippen molar-refractivity contribution < 1.29 is 22.6 Å². The Labute approximate surface area is 166 Å². The maximum Gasteiger partial charge on any atom is 0.434 e. The molecule has 0 spiro atoms. The molecule has 0 aromatic carbocycles. The van der Waals surface area contributed by atoms with Crippen LogP contribution in [0.3, 0.4) is 0 Å². The van der Waals surface area contributed by atoms with Crippen molar-refractivity contribution in [3.63, 3.8) is 0 Å². The highest BCUT2D eigenvalue weighted by atomic mass is 19.4. The minimum atomic E-state index is -4.56. The fraction of sp³-hybridized carbons (Fsp3) is 0.444. The number of aromatic nitrogens is 2. The number of nitrogens with zero attached hydrogens (tertiary/aromatic N) is 6. The van der Waals surface area contributed by atoms with Gasteiger partial charge in [-0.1, -0.05) is 0 Å². The van der Waals surface area contributed by atoms with Gasteiger partial charge in [-0.15, -0.1) is 0 Å². The Morgan fingerprint density at radius 2 is 2.31 bits per heavy atom. The van der Waals surface area contributed by atoms with Crippen LogP contribution in [0.25, 0.3) is 5.70 Å². The minimum Gasteiger partial charge on any atom is -0.382 e. The summed E-state index contributed by atoms with van der Waals surface area (Å²) in [6, 6.07) is 1.74.